The van der Waals surface area contributed by atoms with Crippen molar-refractivity contribution in [2.75, 3.05) is 22.1 Å². The van der Waals surface area contributed by atoms with E-state index in [0.29, 0.717) is 24.5 Å². The summed E-state index contributed by atoms with van der Waals surface area (Å²) in [5.41, 5.74) is 2.37. The van der Waals surface area contributed by atoms with Crippen LogP contribution in [0.1, 0.15) is 56.9 Å². The predicted molar refractivity (Wildman–Crippen MR) is 137 cm³/mol. The molecule has 2 aromatic carbocycles. The molecule has 0 bridgehead atoms. The van der Waals surface area contributed by atoms with Gasteiger partial charge < -0.3 is 14.4 Å². The second-order valence-corrected chi connectivity index (χ2v) is 9.29. The highest BCUT2D eigenvalue weighted by Gasteiger charge is 2.22. The van der Waals surface area contributed by atoms with Crippen LogP contribution < -0.4 is 15.5 Å². The first-order chi connectivity index (χ1) is 17.5. The fraction of sp³-hybridized carbons (Fsp3) is 0.429. The third kappa shape index (κ3) is 7.14. The number of amides is 2. The van der Waals surface area contributed by atoms with Crippen molar-refractivity contribution in [3.05, 3.63) is 53.8 Å². The average molecular weight is 494 g/mol. The van der Waals surface area contributed by atoms with Gasteiger partial charge in [0.15, 0.2) is 0 Å². The van der Waals surface area contributed by atoms with Gasteiger partial charge in [-0.1, -0.05) is 18.1 Å². The summed E-state index contributed by atoms with van der Waals surface area (Å²) in [6, 6.07) is 11.4. The molecule has 2 aromatic rings. The van der Waals surface area contributed by atoms with E-state index in [2.05, 4.69) is 16.6 Å². The van der Waals surface area contributed by atoms with Crippen LogP contribution in [0.3, 0.4) is 0 Å². The fourth-order valence-electron chi connectivity index (χ4n) is 4.69. The quantitative estimate of drug-likeness (QED) is 0.413. The Morgan fingerprint density at radius 3 is 2.00 bits per heavy atom. The fourth-order valence-corrected chi connectivity index (χ4v) is 4.69. The zero-order valence-electron chi connectivity index (χ0n) is 20.3. The lowest BCUT2D eigenvalue weighted by atomic mass is 10.1. The van der Waals surface area contributed by atoms with Crippen LogP contribution in [0.2, 0.25) is 0 Å². The molecule has 0 radical (unpaired) electrons. The molecule has 2 amide bonds. The van der Waals surface area contributed by atoms with Crippen molar-refractivity contribution in [1.82, 2.24) is 0 Å². The van der Waals surface area contributed by atoms with Gasteiger partial charge in [0.25, 0.3) is 0 Å². The van der Waals surface area contributed by atoms with Gasteiger partial charge in [-0.15, -0.1) is 6.42 Å². The number of ether oxygens (including phenoxy) is 2. The summed E-state index contributed by atoms with van der Waals surface area (Å²) in [5, 5.41) is 5.54. The summed E-state index contributed by atoms with van der Waals surface area (Å²) in [6.45, 7) is 0.729. The number of carbonyl (C=O) groups is 2. The number of benzene rings is 2. The third-order valence-corrected chi connectivity index (χ3v) is 6.56. The summed E-state index contributed by atoms with van der Waals surface area (Å²) >= 11 is 0. The summed E-state index contributed by atoms with van der Waals surface area (Å²) < 4.78 is 24.4. The Morgan fingerprint density at radius 2 is 1.44 bits per heavy atom. The maximum Gasteiger partial charge on any atom is 0.411 e. The van der Waals surface area contributed by atoms with E-state index in [1.54, 1.807) is 30.3 Å². The van der Waals surface area contributed by atoms with Gasteiger partial charge in [-0.3, -0.25) is 10.6 Å². The lowest BCUT2D eigenvalue weighted by Crippen LogP contribution is -2.25. The number of rotatable bonds is 8. The Bertz CT molecular complexity index is 1090. The van der Waals surface area contributed by atoms with E-state index >= 15 is 0 Å². The molecular formula is C28H32FN3O4. The van der Waals surface area contributed by atoms with E-state index in [4.69, 9.17) is 15.9 Å². The average Bonchev–Trinajstić information content (AvgIpc) is 3.56. The second kappa shape index (κ2) is 12.3. The van der Waals surface area contributed by atoms with Gasteiger partial charge in [0.2, 0.25) is 0 Å². The molecule has 36 heavy (non-hydrogen) atoms. The highest BCUT2D eigenvalue weighted by atomic mass is 19.1. The van der Waals surface area contributed by atoms with Crippen molar-refractivity contribution in [3.63, 3.8) is 0 Å². The minimum atomic E-state index is -0.576. The largest absolute Gasteiger partial charge is 0.446 e. The third-order valence-electron chi connectivity index (χ3n) is 6.56. The molecule has 8 heteroatoms. The molecule has 7 nitrogen and oxygen atoms in total. The van der Waals surface area contributed by atoms with Gasteiger partial charge in [0, 0.05) is 12.2 Å². The van der Waals surface area contributed by atoms with Gasteiger partial charge >= 0.3 is 12.2 Å². The Kier molecular flexibility index (Phi) is 8.66. The molecule has 2 aliphatic carbocycles. The number of carbonyl (C=O) groups excluding carboxylic acids is 2. The summed E-state index contributed by atoms with van der Waals surface area (Å²) in [6.07, 6.45) is 11.9. The van der Waals surface area contributed by atoms with Gasteiger partial charge in [-0.05, 0) is 87.3 Å². The molecule has 0 aliphatic heterocycles. The van der Waals surface area contributed by atoms with Crippen molar-refractivity contribution in [2.24, 2.45) is 0 Å². The minimum Gasteiger partial charge on any atom is -0.446 e. The number of nitrogens with one attached hydrogen (secondary N) is 2. The highest BCUT2D eigenvalue weighted by molar-refractivity contribution is 5.96. The molecule has 0 heterocycles. The Labute approximate surface area is 211 Å². The van der Waals surface area contributed by atoms with E-state index < -0.39 is 12.2 Å². The topological polar surface area (TPSA) is 79.9 Å². The zero-order chi connectivity index (χ0) is 25.3. The van der Waals surface area contributed by atoms with Crippen molar-refractivity contribution in [2.45, 2.75) is 70.1 Å². The molecule has 4 rings (SSSR count). The van der Waals surface area contributed by atoms with Gasteiger partial charge in [-0.25, -0.2) is 14.0 Å². The van der Waals surface area contributed by atoms with E-state index in [1.165, 1.54) is 12.1 Å². The number of nitrogens with zero attached hydrogens (tertiary/aromatic N) is 1. The molecule has 0 aromatic heterocycles. The van der Waals surface area contributed by atoms with Crippen LogP contribution in [-0.4, -0.2) is 30.9 Å². The molecule has 2 aliphatic rings. The van der Waals surface area contributed by atoms with Crippen LogP contribution >= 0.6 is 0 Å². The van der Waals surface area contributed by atoms with Crippen LogP contribution in [0.25, 0.3) is 0 Å². The predicted octanol–water partition coefficient (Wildman–Crippen LogP) is 6.45. The smallest absolute Gasteiger partial charge is 0.411 e. The molecular weight excluding hydrogens is 461 g/mol. The summed E-state index contributed by atoms with van der Waals surface area (Å²) in [5.74, 6) is 2.33. The van der Waals surface area contributed by atoms with Crippen molar-refractivity contribution < 1.29 is 23.5 Å². The van der Waals surface area contributed by atoms with E-state index in [9.17, 15) is 14.0 Å². The lowest BCUT2D eigenvalue weighted by Gasteiger charge is -2.24. The first-order valence-corrected chi connectivity index (χ1v) is 12.5. The monoisotopic (exact) mass is 493 g/mol. The van der Waals surface area contributed by atoms with E-state index in [1.807, 2.05) is 4.90 Å². The Morgan fingerprint density at radius 1 is 0.889 bits per heavy atom. The first kappa shape index (κ1) is 25.4. The molecule has 0 saturated heterocycles. The van der Waals surface area contributed by atoms with Crippen LogP contribution in [-0.2, 0) is 16.0 Å². The highest BCUT2D eigenvalue weighted by Crippen LogP contribution is 2.31. The first-order valence-electron chi connectivity index (χ1n) is 12.5. The Balaban J connectivity index is 1.54. The maximum absolute atomic E-state index is 13.3. The lowest BCUT2D eigenvalue weighted by molar-refractivity contribution is 0.113. The number of hydrogen-bond donors (Lipinski definition) is 2. The van der Waals surface area contributed by atoms with Crippen molar-refractivity contribution >= 4 is 29.2 Å². The molecule has 2 N–H and O–H groups in total. The molecule has 2 saturated carbocycles. The van der Waals surface area contributed by atoms with Crippen molar-refractivity contribution in [3.8, 4) is 12.3 Å². The van der Waals surface area contributed by atoms with Crippen LogP contribution in [0.15, 0.2) is 42.5 Å². The summed E-state index contributed by atoms with van der Waals surface area (Å²) in [4.78, 5) is 27.1. The maximum atomic E-state index is 13.3. The number of anilines is 3. The zero-order valence-corrected chi connectivity index (χ0v) is 20.3. The van der Waals surface area contributed by atoms with Gasteiger partial charge in [-0.2, -0.15) is 0 Å². The molecule has 0 atom stereocenters. The van der Waals surface area contributed by atoms with Crippen LogP contribution in [0, 0.1) is 18.2 Å². The number of terminal acetylenes is 1. The number of halogens is 1. The molecule has 2 fully saturated rings. The summed E-state index contributed by atoms with van der Waals surface area (Å²) in [7, 11) is 0. The molecule has 0 unspecified atom stereocenters. The molecule has 0 spiro atoms. The Hall–Kier alpha value is -3.73. The second-order valence-electron chi connectivity index (χ2n) is 9.29. The van der Waals surface area contributed by atoms with Crippen molar-refractivity contribution in [1.29, 1.82) is 0 Å². The number of hydrogen-bond acceptors (Lipinski definition) is 5. The van der Waals surface area contributed by atoms with Gasteiger partial charge in [0.05, 0.1) is 17.9 Å². The van der Waals surface area contributed by atoms with Gasteiger partial charge in [0.1, 0.15) is 18.0 Å². The molecule has 190 valence electrons. The van der Waals surface area contributed by atoms with E-state index in [-0.39, 0.29) is 18.0 Å². The van der Waals surface area contributed by atoms with Crippen LogP contribution in [0.5, 0.6) is 0 Å². The van der Waals surface area contributed by atoms with Crippen LogP contribution in [0.4, 0.5) is 31.0 Å². The van der Waals surface area contributed by atoms with E-state index in [0.717, 1.165) is 62.6 Å². The standard InChI is InChI=1S/C28H32FN3O4/c1-2-17-32(19-20-11-13-21(29)14-12-20)22-15-16-25(30-27(33)35-23-7-3-4-8-23)26(18-22)31-28(34)36-24-9-5-6-10-24/h1,11-16,18,23-24H,3-10,17,19H2,(H,30,33)(H,31,34). The normalized spacial score (nSPS) is 15.8. The SMILES string of the molecule is C#CCN(Cc1ccc(F)cc1)c1ccc(NC(=O)OC2CCCC2)c(NC(=O)OC2CCCC2)c1. The minimum absolute atomic E-state index is 0.0881.